The number of aromatic nitrogens is 1. The number of hydrogen-bond donors (Lipinski definition) is 0. The number of anilines is 3. The summed E-state index contributed by atoms with van der Waals surface area (Å²) in [4.78, 5) is 2.36. The van der Waals surface area contributed by atoms with E-state index < -0.39 is 0 Å². The number of benzene rings is 9. The van der Waals surface area contributed by atoms with Crippen molar-refractivity contribution in [3.63, 3.8) is 0 Å². The zero-order valence-electron chi connectivity index (χ0n) is 28.5. The molecule has 0 radical (unpaired) electrons. The van der Waals surface area contributed by atoms with Gasteiger partial charge in [-0.2, -0.15) is 0 Å². The van der Waals surface area contributed by atoms with Gasteiger partial charge in [0.1, 0.15) is 0 Å². The Bertz CT molecular complexity index is 2880. The highest BCUT2D eigenvalue weighted by Crippen LogP contribution is 2.42. The second kappa shape index (κ2) is 12.5. The van der Waals surface area contributed by atoms with Crippen molar-refractivity contribution >= 4 is 60.4 Å². The Balaban J connectivity index is 1.10. The van der Waals surface area contributed by atoms with Gasteiger partial charge >= 0.3 is 0 Å². The van der Waals surface area contributed by atoms with Crippen molar-refractivity contribution in [3.05, 3.63) is 206 Å². The average Bonchev–Trinajstić information content (AvgIpc) is 3.57. The van der Waals surface area contributed by atoms with Gasteiger partial charge in [-0.05, 0) is 93.0 Å². The van der Waals surface area contributed by atoms with Gasteiger partial charge in [-0.25, -0.2) is 0 Å². The number of fused-ring (bicyclic) bond motifs is 6. The standard InChI is InChI=1S/C50H34N2/c1-3-14-37(15-4-1)44-25-12-18-38-30-33-48-50(49(38)44)45-24-9-10-26-47(45)52(48)42-22-11-19-39(34-42)35-28-31-41(32-29-35)51(40-20-5-2-6-21-40)46-27-13-17-36-16-7-8-23-43(36)46/h1-34H. The van der Waals surface area contributed by atoms with Gasteiger partial charge in [-0.3, -0.25) is 0 Å². The minimum atomic E-state index is 1.12. The second-order valence-electron chi connectivity index (χ2n) is 13.3. The Labute approximate surface area is 303 Å². The van der Waals surface area contributed by atoms with Crippen LogP contribution in [0.15, 0.2) is 206 Å². The third-order valence-electron chi connectivity index (χ3n) is 10.3. The highest BCUT2D eigenvalue weighted by atomic mass is 15.1. The molecule has 10 aromatic rings. The number of nitrogens with zero attached hydrogens (tertiary/aromatic N) is 2. The lowest BCUT2D eigenvalue weighted by molar-refractivity contribution is 1.18. The summed E-state index contributed by atoms with van der Waals surface area (Å²) in [5.74, 6) is 0. The fourth-order valence-corrected chi connectivity index (χ4v) is 8.01. The number of para-hydroxylation sites is 2. The molecule has 0 saturated carbocycles. The number of rotatable bonds is 6. The second-order valence-corrected chi connectivity index (χ2v) is 13.3. The van der Waals surface area contributed by atoms with Gasteiger partial charge in [0.25, 0.3) is 0 Å². The topological polar surface area (TPSA) is 8.17 Å². The maximum Gasteiger partial charge on any atom is 0.0547 e. The van der Waals surface area contributed by atoms with E-state index in [1.807, 2.05) is 0 Å². The monoisotopic (exact) mass is 662 g/mol. The highest BCUT2D eigenvalue weighted by Gasteiger charge is 2.18. The van der Waals surface area contributed by atoms with Crippen molar-refractivity contribution < 1.29 is 0 Å². The lowest BCUT2D eigenvalue weighted by Gasteiger charge is -2.27. The van der Waals surface area contributed by atoms with E-state index in [4.69, 9.17) is 0 Å². The van der Waals surface area contributed by atoms with Crippen LogP contribution in [0.25, 0.3) is 71.3 Å². The zero-order chi connectivity index (χ0) is 34.4. The summed E-state index contributed by atoms with van der Waals surface area (Å²) in [5, 5.41) is 7.54. The lowest BCUT2D eigenvalue weighted by Crippen LogP contribution is -2.10. The van der Waals surface area contributed by atoms with Crippen molar-refractivity contribution in [2.45, 2.75) is 0 Å². The lowest BCUT2D eigenvalue weighted by atomic mass is 9.94. The summed E-state index contributed by atoms with van der Waals surface area (Å²) in [5.41, 5.74) is 11.8. The first kappa shape index (κ1) is 30.0. The maximum atomic E-state index is 2.43. The molecule has 1 heterocycles. The van der Waals surface area contributed by atoms with Crippen LogP contribution < -0.4 is 4.90 Å². The first-order chi connectivity index (χ1) is 25.8. The van der Waals surface area contributed by atoms with E-state index in [2.05, 4.69) is 216 Å². The molecule has 0 bridgehead atoms. The van der Waals surface area contributed by atoms with Crippen LogP contribution in [0.1, 0.15) is 0 Å². The molecule has 0 aliphatic heterocycles. The Kier molecular flexibility index (Phi) is 7.18. The van der Waals surface area contributed by atoms with Crippen LogP contribution in [0.4, 0.5) is 17.1 Å². The molecule has 2 heteroatoms. The number of hydrogen-bond acceptors (Lipinski definition) is 1. The molecule has 0 fully saturated rings. The van der Waals surface area contributed by atoms with Crippen molar-refractivity contribution in [1.29, 1.82) is 0 Å². The van der Waals surface area contributed by atoms with Crippen LogP contribution in [-0.4, -0.2) is 4.57 Å². The molecule has 52 heavy (non-hydrogen) atoms. The molecule has 1 aromatic heterocycles. The molecule has 2 nitrogen and oxygen atoms in total. The fourth-order valence-electron chi connectivity index (χ4n) is 8.01. The van der Waals surface area contributed by atoms with E-state index >= 15 is 0 Å². The van der Waals surface area contributed by atoms with Gasteiger partial charge in [-0.1, -0.05) is 152 Å². The first-order valence-corrected chi connectivity index (χ1v) is 17.9. The molecule has 0 spiro atoms. The molecule has 0 N–H and O–H groups in total. The van der Waals surface area contributed by atoms with Crippen LogP contribution in [0.2, 0.25) is 0 Å². The smallest absolute Gasteiger partial charge is 0.0547 e. The van der Waals surface area contributed by atoms with E-state index in [-0.39, 0.29) is 0 Å². The Morgan fingerprint density at radius 3 is 1.83 bits per heavy atom. The summed E-state index contributed by atoms with van der Waals surface area (Å²) < 4.78 is 2.43. The summed E-state index contributed by atoms with van der Waals surface area (Å²) in [7, 11) is 0. The normalized spacial score (nSPS) is 11.5. The fraction of sp³-hybridized carbons (Fsp3) is 0. The molecule has 0 aliphatic rings. The molecule has 244 valence electrons. The highest BCUT2D eigenvalue weighted by molar-refractivity contribution is 6.24. The van der Waals surface area contributed by atoms with Crippen LogP contribution >= 0.6 is 0 Å². The van der Waals surface area contributed by atoms with E-state index in [1.54, 1.807) is 0 Å². The molecule has 0 amide bonds. The Morgan fingerprint density at radius 2 is 0.981 bits per heavy atom. The molecular formula is C50H34N2. The molecule has 9 aromatic carbocycles. The molecule has 0 atom stereocenters. The van der Waals surface area contributed by atoms with E-state index in [1.165, 1.54) is 65.6 Å². The van der Waals surface area contributed by atoms with Crippen molar-refractivity contribution in [3.8, 4) is 27.9 Å². The maximum absolute atomic E-state index is 2.43. The predicted molar refractivity (Wildman–Crippen MR) is 221 cm³/mol. The summed E-state index contributed by atoms with van der Waals surface area (Å²) >= 11 is 0. The van der Waals surface area contributed by atoms with Crippen LogP contribution in [0, 0.1) is 0 Å². The van der Waals surface area contributed by atoms with Crippen molar-refractivity contribution in [1.82, 2.24) is 4.57 Å². The van der Waals surface area contributed by atoms with Gasteiger partial charge in [0, 0.05) is 33.2 Å². The van der Waals surface area contributed by atoms with E-state index in [0.29, 0.717) is 0 Å². The van der Waals surface area contributed by atoms with Gasteiger partial charge in [-0.15, -0.1) is 0 Å². The largest absolute Gasteiger partial charge is 0.310 e. The van der Waals surface area contributed by atoms with Gasteiger partial charge in [0.2, 0.25) is 0 Å². The van der Waals surface area contributed by atoms with Crippen LogP contribution in [-0.2, 0) is 0 Å². The average molecular weight is 663 g/mol. The molecular weight excluding hydrogens is 629 g/mol. The predicted octanol–water partition coefficient (Wildman–Crippen LogP) is 13.9. The molecule has 10 rings (SSSR count). The van der Waals surface area contributed by atoms with E-state index in [0.717, 1.165) is 22.7 Å². The third-order valence-corrected chi connectivity index (χ3v) is 10.3. The molecule has 0 saturated heterocycles. The SMILES string of the molecule is c1ccc(-c2cccc3ccc4c(c5ccccc5n4-c4cccc(-c5ccc(N(c6ccccc6)c6cccc7ccccc67)cc5)c4)c23)cc1. The first-order valence-electron chi connectivity index (χ1n) is 17.9. The zero-order valence-corrected chi connectivity index (χ0v) is 28.5. The minimum absolute atomic E-state index is 1.12. The summed E-state index contributed by atoms with van der Waals surface area (Å²) in [6, 6.07) is 74.5. The summed E-state index contributed by atoms with van der Waals surface area (Å²) in [6.45, 7) is 0. The Morgan fingerprint density at radius 1 is 0.346 bits per heavy atom. The molecule has 0 aliphatic carbocycles. The minimum Gasteiger partial charge on any atom is -0.310 e. The van der Waals surface area contributed by atoms with Crippen LogP contribution in [0.5, 0.6) is 0 Å². The van der Waals surface area contributed by atoms with Gasteiger partial charge < -0.3 is 9.47 Å². The Hall–Kier alpha value is -6.90. The summed E-state index contributed by atoms with van der Waals surface area (Å²) in [6.07, 6.45) is 0. The van der Waals surface area contributed by atoms with Crippen molar-refractivity contribution in [2.75, 3.05) is 4.90 Å². The third kappa shape index (κ3) is 4.96. The van der Waals surface area contributed by atoms with Crippen LogP contribution in [0.3, 0.4) is 0 Å². The van der Waals surface area contributed by atoms with E-state index in [9.17, 15) is 0 Å². The molecule has 0 unspecified atom stereocenters. The van der Waals surface area contributed by atoms with Gasteiger partial charge in [0.05, 0.1) is 16.7 Å². The quantitative estimate of drug-likeness (QED) is 0.172. The van der Waals surface area contributed by atoms with Crippen molar-refractivity contribution in [2.24, 2.45) is 0 Å². The van der Waals surface area contributed by atoms with Gasteiger partial charge in [0.15, 0.2) is 0 Å².